The Hall–Kier alpha value is -1.66. The molecule has 3 rings (SSSR count). The summed E-state index contributed by atoms with van der Waals surface area (Å²) in [6.45, 7) is 6.03. The maximum Gasteiger partial charge on any atom is 0.227 e. The van der Waals surface area contributed by atoms with Gasteiger partial charge in [0.15, 0.2) is 0 Å². The zero-order valence-electron chi connectivity index (χ0n) is 12.9. The van der Waals surface area contributed by atoms with E-state index in [4.69, 9.17) is 0 Å². The lowest BCUT2D eigenvalue weighted by Crippen LogP contribution is -2.45. The van der Waals surface area contributed by atoms with E-state index in [1.807, 2.05) is 37.3 Å². The molecule has 0 bridgehead atoms. The number of hydrogen-bond donors (Lipinski definition) is 1. The summed E-state index contributed by atoms with van der Waals surface area (Å²) in [5.41, 5.74) is 1.98. The summed E-state index contributed by atoms with van der Waals surface area (Å²) >= 11 is 3.55. The van der Waals surface area contributed by atoms with Crippen molar-refractivity contribution in [1.82, 2.24) is 14.9 Å². The van der Waals surface area contributed by atoms with Crippen LogP contribution in [0.25, 0.3) is 0 Å². The molecular weight excluding hydrogens is 342 g/mol. The molecule has 116 valence electrons. The van der Waals surface area contributed by atoms with Crippen LogP contribution in [0.4, 0.5) is 17.5 Å². The van der Waals surface area contributed by atoms with Gasteiger partial charge < -0.3 is 15.1 Å². The Balaban J connectivity index is 1.82. The quantitative estimate of drug-likeness (QED) is 0.909. The van der Waals surface area contributed by atoms with Crippen molar-refractivity contribution in [3.63, 3.8) is 0 Å². The van der Waals surface area contributed by atoms with Crippen LogP contribution in [-0.4, -0.2) is 48.1 Å². The van der Waals surface area contributed by atoms with Gasteiger partial charge in [-0.05, 0) is 42.0 Å². The third-order valence-electron chi connectivity index (χ3n) is 3.77. The fourth-order valence-corrected chi connectivity index (χ4v) is 2.85. The number of hydrogen-bond acceptors (Lipinski definition) is 5. The van der Waals surface area contributed by atoms with Crippen LogP contribution < -0.4 is 10.2 Å². The molecule has 0 spiro atoms. The van der Waals surface area contributed by atoms with Gasteiger partial charge in [-0.1, -0.05) is 12.1 Å². The second-order valence-corrected chi connectivity index (χ2v) is 6.44. The largest absolute Gasteiger partial charge is 0.339 e. The molecule has 0 radical (unpaired) electrons. The molecular formula is C16H20BrN5. The molecule has 0 aliphatic carbocycles. The van der Waals surface area contributed by atoms with Gasteiger partial charge in [0.2, 0.25) is 5.95 Å². The Bertz CT molecular complexity index is 653. The van der Waals surface area contributed by atoms with Gasteiger partial charge >= 0.3 is 0 Å². The second kappa shape index (κ2) is 6.62. The van der Waals surface area contributed by atoms with Crippen LogP contribution in [-0.2, 0) is 0 Å². The van der Waals surface area contributed by atoms with Crippen molar-refractivity contribution in [3.8, 4) is 0 Å². The van der Waals surface area contributed by atoms with Gasteiger partial charge in [-0.25, -0.2) is 4.98 Å². The highest BCUT2D eigenvalue weighted by atomic mass is 79.9. The molecule has 1 N–H and O–H groups in total. The fraction of sp³-hybridized carbons (Fsp3) is 0.375. The third kappa shape index (κ3) is 3.56. The first-order chi connectivity index (χ1) is 10.6. The molecule has 0 saturated carbocycles. The number of nitrogens with zero attached hydrogens (tertiary/aromatic N) is 4. The number of aromatic nitrogens is 2. The molecule has 2 aromatic rings. The molecule has 6 heteroatoms. The molecule has 0 atom stereocenters. The lowest BCUT2D eigenvalue weighted by atomic mass is 10.3. The third-order valence-corrected chi connectivity index (χ3v) is 4.46. The van der Waals surface area contributed by atoms with Gasteiger partial charge in [0.05, 0.1) is 5.69 Å². The van der Waals surface area contributed by atoms with E-state index >= 15 is 0 Å². The van der Waals surface area contributed by atoms with Gasteiger partial charge in [0.25, 0.3) is 0 Å². The molecule has 1 aromatic heterocycles. The molecule has 1 aromatic carbocycles. The van der Waals surface area contributed by atoms with Crippen molar-refractivity contribution in [1.29, 1.82) is 0 Å². The molecule has 1 fully saturated rings. The minimum absolute atomic E-state index is 0.808. The molecule has 5 nitrogen and oxygen atoms in total. The van der Waals surface area contributed by atoms with Gasteiger partial charge in [0.1, 0.15) is 5.82 Å². The molecule has 1 aliphatic rings. The highest BCUT2D eigenvalue weighted by Gasteiger charge is 2.17. The predicted octanol–water partition coefficient (Wildman–Crippen LogP) is 3.04. The van der Waals surface area contributed by atoms with Crippen LogP contribution in [0.15, 0.2) is 34.8 Å². The zero-order valence-corrected chi connectivity index (χ0v) is 14.5. The summed E-state index contributed by atoms with van der Waals surface area (Å²) in [5, 5.41) is 3.37. The highest BCUT2D eigenvalue weighted by Crippen LogP contribution is 2.25. The zero-order chi connectivity index (χ0) is 15.5. The lowest BCUT2D eigenvalue weighted by Gasteiger charge is -2.32. The summed E-state index contributed by atoms with van der Waals surface area (Å²) in [6.07, 6.45) is 0. The summed E-state index contributed by atoms with van der Waals surface area (Å²) < 4.78 is 1.02. The summed E-state index contributed by atoms with van der Waals surface area (Å²) in [6, 6.07) is 10.0. The van der Waals surface area contributed by atoms with E-state index in [2.05, 4.69) is 48.1 Å². The van der Waals surface area contributed by atoms with E-state index in [1.54, 1.807) is 0 Å². The normalized spacial score (nSPS) is 15.9. The first kappa shape index (κ1) is 15.2. The van der Waals surface area contributed by atoms with Gasteiger partial charge in [0, 0.05) is 42.4 Å². The molecule has 22 heavy (non-hydrogen) atoms. The average Bonchev–Trinajstić information content (AvgIpc) is 2.50. The van der Waals surface area contributed by atoms with Gasteiger partial charge in [-0.2, -0.15) is 4.98 Å². The SMILES string of the molecule is Cc1cc(Nc2ccccc2Br)nc(N2CCN(C)CC2)n1. The summed E-state index contributed by atoms with van der Waals surface area (Å²) in [4.78, 5) is 13.8. The van der Waals surface area contributed by atoms with Crippen molar-refractivity contribution in [3.05, 3.63) is 40.5 Å². The molecule has 0 unspecified atom stereocenters. The van der Waals surface area contributed by atoms with E-state index in [1.165, 1.54) is 0 Å². The van der Waals surface area contributed by atoms with E-state index in [-0.39, 0.29) is 0 Å². The number of halogens is 1. The second-order valence-electron chi connectivity index (χ2n) is 5.59. The van der Waals surface area contributed by atoms with Crippen molar-refractivity contribution in [2.75, 3.05) is 43.4 Å². The first-order valence-corrected chi connectivity index (χ1v) is 8.22. The van der Waals surface area contributed by atoms with Crippen LogP contribution in [0.5, 0.6) is 0 Å². The van der Waals surface area contributed by atoms with E-state index < -0.39 is 0 Å². The Kier molecular flexibility index (Phi) is 4.59. The number of rotatable bonds is 3. The monoisotopic (exact) mass is 361 g/mol. The molecule has 1 aliphatic heterocycles. The summed E-state index contributed by atoms with van der Waals surface area (Å²) in [5.74, 6) is 1.64. The fourth-order valence-electron chi connectivity index (χ4n) is 2.47. The maximum atomic E-state index is 4.68. The van der Waals surface area contributed by atoms with E-state index in [0.29, 0.717) is 0 Å². The van der Waals surface area contributed by atoms with E-state index in [9.17, 15) is 0 Å². The molecule has 1 saturated heterocycles. The number of likely N-dealkylation sites (N-methyl/N-ethyl adjacent to an activating group) is 1. The Labute approximate surface area is 139 Å². The lowest BCUT2D eigenvalue weighted by molar-refractivity contribution is 0.311. The van der Waals surface area contributed by atoms with Crippen molar-refractivity contribution >= 4 is 33.4 Å². The maximum absolute atomic E-state index is 4.68. The topological polar surface area (TPSA) is 44.3 Å². The number of nitrogens with one attached hydrogen (secondary N) is 1. The minimum atomic E-state index is 0.808. The average molecular weight is 362 g/mol. The Morgan fingerprint density at radius 1 is 1.09 bits per heavy atom. The Morgan fingerprint density at radius 3 is 2.55 bits per heavy atom. The highest BCUT2D eigenvalue weighted by molar-refractivity contribution is 9.10. The Morgan fingerprint density at radius 2 is 1.82 bits per heavy atom. The van der Waals surface area contributed by atoms with Crippen molar-refractivity contribution in [2.24, 2.45) is 0 Å². The van der Waals surface area contributed by atoms with Gasteiger partial charge in [-0.15, -0.1) is 0 Å². The molecule has 2 heterocycles. The van der Waals surface area contributed by atoms with Gasteiger partial charge in [-0.3, -0.25) is 0 Å². The van der Waals surface area contributed by atoms with Crippen LogP contribution in [0.1, 0.15) is 5.69 Å². The molecule has 0 amide bonds. The van der Waals surface area contributed by atoms with E-state index in [0.717, 1.165) is 53.8 Å². The number of piperazine rings is 1. The summed E-state index contributed by atoms with van der Waals surface area (Å²) in [7, 11) is 2.15. The van der Waals surface area contributed by atoms with Crippen LogP contribution in [0, 0.1) is 6.92 Å². The standard InChI is InChI=1S/C16H20BrN5/c1-12-11-15(19-14-6-4-3-5-13(14)17)20-16(18-12)22-9-7-21(2)8-10-22/h3-6,11H,7-10H2,1-2H3,(H,18,19,20). The number of para-hydroxylation sites is 1. The number of benzene rings is 1. The minimum Gasteiger partial charge on any atom is -0.339 e. The first-order valence-electron chi connectivity index (χ1n) is 7.42. The number of aryl methyl sites for hydroxylation is 1. The van der Waals surface area contributed by atoms with Crippen molar-refractivity contribution in [2.45, 2.75) is 6.92 Å². The van der Waals surface area contributed by atoms with Crippen LogP contribution in [0.3, 0.4) is 0 Å². The predicted molar refractivity (Wildman–Crippen MR) is 93.9 cm³/mol. The number of anilines is 3. The smallest absolute Gasteiger partial charge is 0.227 e. The van der Waals surface area contributed by atoms with Crippen molar-refractivity contribution < 1.29 is 0 Å². The van der Waals surface area contributed by atoms with Crippen LogP contribution in [0.2, 0.25) is 0 Å². The van der Waals surface area contributed by atoms with Crippen LogP contribution >= 0.6 is 15.9 Å².